The third-order valence-electron chi connectivity index (χ3n) is 5.43. The molecule has 0 aliphatic rings. The molecular formula is C26H27N3O2. The molecule has 5 heteroatoms. The van der Waals surface area contributed by atoms with Gasteiger partial charge < -0.3 is 20.4 Å². The fraction of sp³-hybridized carbons (Fsp3) is 0.192. The Morgan fingerprint density at radius 1 is 1.03 bits per heavy atom. The summed E-state index contributed by atoms with van der Waals surface area (Å²) in [5, 5.41) is 7.70. The van der Waals surface area contributed by atoms with E-state index in [9.17, 15) is 4.79 Å². The van der Waals surface area contributed by atoms with Crippen LogP contribution in [0.5, 0.6) is 5.75 Å². The minimum absolute atomic E-state index is 0.117. The molecule has 0 saturated carbocycles. The number of carbonyl (C=O) groups is 1. The first kappa shape index (κ1) is 20.7. The lowest BCUT2D eigenvalue weighted by Gasteiger charge is -2.20. The van der Waals surface area contributed by atoms with Crippen LogP contribution in [0.4, 0.5) is 5.69 Å². The zero-order chi connectivity index (χ0) is 21.6. The maximum Gasteiger partial charge on any atom is 0.246 e. The molecular weight excluding hydrogens is 386 g/mol. The van der Waals surface area contributed by atoms with Crippen LogP contribution in [0, 0.1) is 6.92 Å². The van der Waals surface area contributed by atoms with Crippen LogP contribution in [0.25, 0.3) is 10.9 Å². The van der Waals surface area contributed by atoms with Crippen LogP contribution in [0.2, 0.25) is 0 Å². The standard InChI is InChI=1S/C26H27N3O2/c1-18-12-13-24(31-2)23(16-18)29-26(30)25(19-8-4-3-5-9-19)27-15-14-20-17-28-22-11-7-6-10-21(20)22/h3-13,16-17,25,27-28H,14-15H2,1-2H3,(H,29,30). The van der Waals surface area contributed by atoms with E-state index in [1.807, 2.05) is 73.8 Å². The zero-order valence-corrected chi connectivity index (χ0v) is 17.8. The van der Waals surface area contributed by atoms with Gasteiger partial charge in [0, 0.05) is 23.6 Å². The second-order valence-corrected chi connectivity index (χ2v) is 7.60. The molecule has 1 unspecified atom stereocenters. The van der Waals surface area contributed by atoms with Gasteiger partial charge in [0.2, 0.25) is 5.91 Å². The van der Waals surface area contributed by atoms with Crippen LogP contribution >= 0.6 is 0 Å². The number of aromatic nitrogens is 1. The summed E-state index contributed by atoms with van der Waals surface area (Å²) in [6.07, 6.45) is 2.86. The molecule has 1 atom stereocenters. The predicted molar refractivity (Wildman–Crippen MR) is 126 cm³/mol. The van der Waals surface area contributed by atoms with Gasteiger partial charge in [-0.15, -0.1) is 0 Å². The highest BCUT2D eigenvalue weighted by Crippen LogP contribution is 2.27. The fourth-order valence-corrected chi connectivity index (χ4v) is 3.82. The lowest BCUT2D eigenvalue weighted by atomic mass is 10.0. The Labute approximate surface area is 182 Å². The Morgan fingerprint density at radius 3 is 2.61 bits per heavy atom. The highest BCUT2D eigenvalue weighted by atomic mass is 16.5. The van der Waals surface area contributed by atoms with Crippen molar-refractivity contribution in [1.82, 2.24) is 10.3 Å². The minimum atomic E-state index is -0.475. The van der Waals surface area contributed by atoms with Gasteiger partial charge in [-0.05, 0) is 48.2 Å². The number of methoxy groups -OCH3 is 1. The van der Waals surface area contributed by atoms with E-state index in [2.05, 4.69) is 27.8 Å². The van der Waals surface area contributed by atoms with Gasteiger partial charge in [0.15, 0.2) is 0 Å². The number of aromatic amines is 1. The molecule has 0 fully saturated rings. The van der Waals surface area contributed by atoms with Crippen molar-refractivity contribution in [1.29, 1.82) is 0 Å². The molecule has 0 spiro atoms. The molecule has 0 saturated heterocycles. The van der Waals surface area contributed by atoms with Gasteiger partial charge in [0.25, 0.3) is 0 Å². The van der Waals surface area contributed by atoms with E-state index >= 15 is 0 Å². The van der Waals surface area contributed by atoms with Crippen molar-refractivity contribution in [2.24, 2.45) is 0 Å². The third-order valence-corrected chi connectivity index (χ3v) is 5.43. The topological polar surface area (TPSA) is 66.2 Å². The first-order valence-corrected chi connectivity index (χ1v) is 10.4. The molecule has 1 heterocycles. The summed E-state index contributed by atoms with van der Waals surface area (Å²) < 4.78 is 5.42. The van der Waals surface area contributed by atoms with Gasteiger partial charge >= 0.3 is 0 Å². The average Bonchev–Trinajstić information content (AvgIpc) is 3.20. The molecule has 4 aromatic rings. The third kappa shape index (κ3) is 4.78. The Balaban J connectivity index is 1.51. The van der Waals surface area contributed by atoms with Crippen LogP contribution in [-0.2, 0) is 11.2 Å². The SMILES string of the molecule is COc1ccc(C)cc1NC(=O)C(NCCc1c[nH]c2ccccc12)c1ccccc1. The monoisotopic (exact) mass is 413 g/mol. The van der Waals surface area contributed by atoms with E-state index < -0.39 is 6.04 Å². The predicted octanol–water partition coefficient (Wildman–Crippen LogP) is 5.00. The molecule has 4 rings (SSSR count). The number of carbonyl (C=O) groups excluding carboxylic acids is 1. The summed E-state index contributed by atoms with van der Waals surface area (Å²) in [5.41, 5.74) is 5.01. The van der Waals surface area contributed by atoms with Crippen LogP contribution in [0.3, 0.4) is 0 Å². The van der Waals surface area contributed by atoms with Gasteiger partial charge in [-0.2, -0.15) is 0 Å². The first-order chi connectivity index (χ1) is 15.2. The van der Waals surface area contributed by atoms with Crippen LogP contribution in [0.1, 0.15) is 22.7 Å². The minimum Gasteiger partial charge on any atom is -0.495 e. The summed E-state index contributed by atoms with van der Waals surface area (Å²) in [6, 6.07) is 23.3. The maximum atomic E-state index is 13.3. The second kappa shape index (κ2) is 9.49. The summed E-state index contributed by atoms with van der Waals surface area (Å²) in [7, 11) is 1.61. The molecule has 158 valence electrons. The van der Waals surface area contributed by atoms with Crippen LogP contribution in [-0.4, -0.2) is 24.5 Å². The number of hydrogen-bond donors (Lipinski definition) is 3. The second-order valence-electron chi connectivity index (χ2n) is 7.60. The quantitative estimate of drug-likeness (QED) is 0.381. The Hall–Kier alpha value is -3.57. The van der Waals surface area contributed by atoms with E-state index in [1.165, 1.54) is 10.9 Å². The van der Waals surface area contributed by atoms with Crippen molar-refractivity contribution >= 4 is 22.5 Å². The Bertz CT molecular complexity index is 1170. The van der Waals surface area contributed by atoms with Gasteiger partial charge in [0.1, 0.15) is 11.8 Å². The Morgan fingerprint density at radius 2 is 1.81 bits per heavy atom. The van der Waals surface area contributed by atoms with E-state index in [1.54, 1.807) is 7.11 Å². The van der Waals surface area contributed by atoms with Gasteiger partial charge in [-0.25, -0.2) is 0 Å². The van der Waals surface area contributed by atoms with Gasteiger partial charge in [-0.3, -0.25) is 4.79 Å². The number of rotatable bonds is 8. The van der Waals surface area contributed by atoms with Crippen molar-refractivity contribution < 1.29 is 9.53 Å². The van der Waals surface area contributed by atoms with E-state index in [0.717, 1.165) is 23.1 Å². The maximum absolute atomic E-state index is 13.3. The first-order valence-electron chi connectivity index (χ1n) is 10.4. The van der Waals surface area contributed by atoms with Crippen molar-refractivity contribution in [2.45, 2.75) is 19.4 Å². The van der Waals surface area contributed by atoms with Crippen molar-refractivity contribution in [3.63, 3.8) is 0 Å². The normalized spacial score (nSPS) is 11.9. The van der Waals surface area contributed by atoms with Gasteiger partial charge in [-0.1, -0.05) is 54.6 Å². The van der Waals surface area contributed by atoms with Crippen LogP contribution in [0.15, 0.2) is 79.0 Å². The molecule has 5 nitrogen and oxygen atoms in total. The molecule has 0 radical (unpaired) electrons. The smallest absolute Gasteiger partial charge is 0.246 e. The highest BCUT2D eigenvalue weighted by molar-refractivity contribution is 5.96. The number of H-pyrrole nitrogens is 1. The summed E-state index contributed by atoms with van der Waals surface area (Å²) in [6.45, 7) is 2.66. The number of nitrogens with one attached hydrogen (secondary N) is 3. The van der Waals surface area contributed by atoms with Crippen molar-refractivity contribution in [3.8, 4) is 5.75 Å². The number of anilines is 1. The lowest BCUT2D eigenvalue weighted by molar-refractivity contribution is -0.118. The summed E-state index contributed by atoms with van der Waals surface area (Å²) in [5.74, 6) is 0.526. The fourth-order valence-electron chi connectivity index (χ4n) is 3.82. The molecule has 0 aliphatic carbocycles. The van der Waals surface area contributed by atoms with E-state index in [4.69, 9.17) is 4.74 Å². The number of ether oxygens (including phenoxy) is 1. The molecule has 3 aromatic carbocycles. The largest absolute Gasteiger partial charge is 0.495 e. The number of benzene rings is 3. The van der Waals surface area contributed by atoms with E-state index in [-0.39, 0.29) is 5.91 Å². The number of fused-ring (bicyclic) bond motifs is 1. The van der Waals surface area contributed by atoms with Crippen molar-refractivity contribution in [3.05, 3.63) is 95.7 Å². The molecule has 1 amide bonds. The zero-order valence-electron chi connectivity index (χ0n) is 17.8. The summed E-state index contributed by atoms with van der Waals surface area (Å²) >= 11 is 0. The lowest BCUT2D eigenvalue weighted by Crippen LogP contribution is -2.34. The summed E-state index contributed by atoms with van der Waals surface area (Å²) in [4.78, 5) is 16.6. The van der Waals surface area contributed by atoms with E-state index in [0.29, 0.717) is 18.0 Å². The highest BCUT2D eigenvalue weighted by Gasteiger charge is 2.21. The molecule has 0 aliphatic heterocycles. The van der Waals surface area contributed by atoms with Crippen LogP contribution < -0.4 is 15.4 Å². The molecule has 31 heavy (non-hydrogen) atoms. The number of amides is 1. The Kier molecular flexibility index (Phi) is 6.34. The number of hydrogen-bond acceptors (Lipinski definition) is 3. The average molecular weight is 414 g/mol. The molecule has 0 bridgehead atoms. The number of aryl methyl sites for hydroxylation is 1. The molecule has 1 aromatic heterocycles. The molecule has 3 N–H and O–H groups in total. The number of para-hydroxylation sites is 1. The van der Waals surface area contributed by atoms with Gasteiger partial charge in [0.05, 0.1) is 12.8 Å². The van der Waals surface area contributed by atoms with Crippen molar-refractivity contribution in [2.75, 3.05) is 19.0 Å².